The zero-order valence-electron chi connectivity index (χ0n) is 34.6. The van der Waals surface area contributed by atoms with E-state index in [2.05, 4.69) is 228 Å². The molecule has 0 saturated heterocycles. The number of rotatable bonds is 8. The van der Waals surface area contributed by atoms with Gasteiger partial charge in [0.05, 0.1) is 22.1 Å². The lowest BCUT2D eigenvalue weighted by atomic mass is 9.91. The Kier molecular flexibility index (Phi) is 9.44. The van der Waals surface area contributed by atoms with E-state index in [1.807, 2.05) is 18.3 Å². The van der Waals surface area contributed by atoms with Crippen LogP contribution in [0.1, 0.15) is 5.56 Å². The number of hydrogen-bond donors (Lipinski definition) is 1. The van der Waals surface area contributed by atoms with Gasteiger partial charge in [-0.3, -0.25) is 4.57 Å². The first kappa shape index (κ1) is 37.5. The summed E-state index contributed by atoms with van der Waals surface area (Å²) < 4.78 is 4.40. The molecule has 0 saturated carbocycles. The molecule has 9 aromatic carbocycles. The summed E-state index contributed by atoms with van der Waals surface area (Å²) in [4.78, 5) is 4.87. The van der Waals surface area contributed by atoms with Crippen LogP contribution in [0.4, 0.5) is 0 Å². The molecule has 0 aliphatic rings. The molecule has 0 radical (unpaired) electrons. The summed E-state index contributed by atoms with van der Waals surface area (Å²) >= 11 is 0. The molecule has 0 spiro atoms. The number of para-hydroxylation sites is 3. The van der Waals surface area contributed by atoms with Gasteiger partial charge in [0.15, 0.2) is 0 Å². The van der Waals surface area contributed by atoms with Crippen LogP contribution in [0.15, 0.2) is 242 Å². The molecule has 0 aliphatic carbocycles. The Morgan fingerprint density at radius 2 is 0.889 bits per heavy atom. The molecular weight excluding hydrogens is 765 g/mol. The van der Waals surface area contributed by atoms with E-state index in [0.717, 1.165) is 60.9 Å². The molecule has 11 rings (SSSR count). The summed E-state index contributed by atoms with van der Waals surface area (Å²) in [5.41, 5.74) is 23.7. The Labute approximate surface area is 366 Å². The van der Waals surface area contributed by atoms with Crippen LogP contribution in [-0.4, -0.2) is 15.1 Å². The maximum Gasteiger partial charge on any atom is 0.205 e. The van der Waals surface area contributed by atoms with Gasteiger partial charge in [-0.1, -0.05) is 176 Å². The van der Waals surface area contributed by atoms with E-state index >= 15 is 0 Å². The van der Waals surface area contributed by atoms with E-state index in [9.17, 15) is 0 Å². The van der Waals surface area contributed by atoms with Crippen LogP contribution < -0.4 is 5.73 Å². The van der Waals surface area contributed by atoms with Gasteiger partial charge in [-0.15, -0.1) is 0 Å². The summed E-state index contributed by atoms with van der Waals surface area (Å²) in [5.74, 6) is 0.381. The van der Waals surface area contributed by atoms with Crippen molar-refractivity contribution < 1.29 is 0 Å². The fraction of sp³-hybridized carbons (Fsp3) is 0. The molecule has 298 valence electrons. The fourth-order valence-corrected chi connectivity index (χ4v) is 9.15. The van der Waals surface area contributed by atoms with E-state index in [4.69, 9.17) is 10.7 Å². The molecule has 0 unspecified atom stereocenters. The lowest BCUT2D eigenvalue weighted by Gasteiger charge is -2.13. The first-order chi connectivity index (χ1) is 31.1. The Hall–Kier alpha value is -8.47. The van der Waals surface area contributed by atoms with E-state index in [0.29, 0.717) is 5.96 Å². The molecule has 2 N–H and O–H groups in total. The Morgan fingerprint density at radius 3 is 1.56 bits per heavy atom. The molecule has 63 heavy (non-hydrogen) atoms. The number of benzene rings is 9. The molecule has 11 aromatic rings. The first-order valence-corrected chi connectivity index (χ1v) is 21.3. The predicted molar refractivity (Wildman–Crippen MR) is 267 cm³/mol. The third-order valence-corrected chi connectivity index (χ3v) is 12.2. The van der Waals surface area contributed by atoms with Crippen LogP contribution in [-0.2, 0) is 0 Å². The zero-order chi connectivity index (χ0) is 42.3. The number of aliphatic imine (C=N–C) groups is 1. The minimum Gasteiger partial charge on any atom is -0.369 e. The van der Waals surface area contributed by atoms with Gasteiger partial charge in [0, 0.05) is 33.4 Å². The highest BCUT2D eigenvalue weighted by Crippen LogP contribution is 2.39. The summed E-state index contributed by atoms with van der Waals surface area (Å²) in [6.45, 7) is 4.15. The number of aromatic nitrogens is 2. The topological polar surface area (TPSA) is 48.2 Å². The van der Waals surface area contributed by atoms with E-state index < -0.39 is 0 Å². The van der Waals surface area contributed by atoms with Crippen molar-refractivity contribution in [1.29, 1.82) is 0 Å². The largest absolute Gasteiger partial charge is 0.369 e. The van der Waals surface area contributed by atoms with Gasteiger partial charge in [-0.05, 0) is 110 Å². The number of fused-ring (bicyclic) bond motifs is 6. The summed E-state index contributed by atoms with van der Waals surface area (Å²) in [7, 11) is 0. The third-order valence-electron chi connectivity index (χ3n) is 12.2. The van der Waals surface area contributed by atoms with Crippen molar-refractivity contribution in [2.45, 2.75) is 0 Å². The number of nitrogens with two attached hydrogens (primary N) is 1. The highest BCUT2D eigenvalue weighted by atomic mass is 15.1. The lowest BCUT2D eigenvalue weighted by molar-refractivity contribution is 1.18. The molecule has 2 heterocycles. The SMILES string of the molecule is C=C/C(=C\N=C(N)n1c2ccccc2c2cc(-c3ccc4c(c3)c3ccccc3n4-c3ccccc3)ccc21)c1ccc(-c2ccc(-c3ccccc3)c(-c3ccccc3)c2)cc1. The molecule has 0 amide bonds. The first-order valence-electron chi connectivity index (χ1n) is 21.3. The molecule has 0 bridgehead atoms. The second-order valence-corrected chi connectivity index (χ2v) is 15.9. The van der Waals surface area contributed by atoms with Crippen molar-refractivity contribution in [3.63, 3.8) is 0 Å². The molecular formula is C59H42N4. The molecule has 4 nitrogen and oxygen atoms in total. The number of nitrogens with zero attached hydrogens (tertiary/aromatic N) is 3. The predicted octanol–water partition coefficient (Wildman–Crippen LogP) is 14.9. The molecule has 2 aromatic heterocycles. The average molecular weight is 807 g/mol. The minimum atomic E-state index is 0.381. The van der Waals surface area contributed by atoms with Crippen molar-refractivity contribution >= 4 is 55.1 Å². The minimum absolute atomic E-state index is 0.381. The van der Waals surface area contributed by atoms with Gasteiger partial charge in [0.1, 0.15) is 0 Å². The van der Waals surface area contributed by atoms with Gasteiger partial charge >= 0.3 is 0 Å². The molecule has 0 atom stereocenters. The van der Waals surface area contributed by atoms with Crippen LogP contribution in [0.2, 0.25) is 0 Å². The highest BCUT2D eigenvalue weighted by molar-refractivity contribution is 6.15. The van der Waals surface area contributed by atoms with E-state index in [1.165, 1.54) is 44.1 Å². The smallest absolute Gasteiger partial charge is 0.205 e. The lowest BCUT2D eigenvalue weighted by Crippen LogP contribution is -2.21. The Bertz CT molecular complexity index is 3550. The zero-order valence-corrected chi connectivity index (χ0v) is 34.6. The van der Waals surface area contributed by atoms with E-state index in [1.54, 1.807) is 0 Å². The third kappa shape index (κ3) is 6.71. The average Bonchev–Trinajstić information content (AvgIpc) is 3.87. The van der Waals surface area contributed by atoms with Gasteiger partial charge in [0.2, 0.25) is 5.96 Å². The van der Waals surface area contributed by atoms with Crippen molar-refractivity contribution in [3.05, 3.63) is 243 Å². The summed E-state index contributed by atoms with van der Waals surface area (Å²) in [5, 5.41) is 4.68. The molecule has 4 heteroatoms. The Morgan fingerprint density at radius 1 is 0.413 bits per heavy atom. The van der Waals surface area contributed by atoms with Gasteiger partial charge in [-0.2, -0.15) is 0 Å². The standard InChI is InChI=1S/C59H42N4/c1-2-40(41-26-28-42(29-27-41)45-30-33-49(43-16-6-3-7-17-43)52(36-45)44-18-8-4-9-19-44)39-61-59(60)63-56-25-15-13-23-51(56)54-38-47(32-35-58(54)63)46-31-34-57-53(37-46)50-22-12-14-24-55(50)62(57)48-20-10-5-11-21-48/h2-39H,1H2,(H2,60,61)/b40-39+. The van der Waals surface area contributed by atoms with Gasteiger partial charge in [-0.25, -0.2) is 4.99 Å². The molecule has 0 aliphatic heterocycles. The van der Waals surface area contributed by atoms with Crippen LogP contribution in [0.3, 0.4) is 0 Å². The van der Waals surface area contributed by atoms with E-state index in [-0.39, 0.29) is 0 Å². The van der Waals surface area contributed by atoms with Gasteiger partial charge in [0.25, 0.3) is 0 Å². The quantitative estimate of drug-likeness (QED) is 0.0928. The van der Waals surface area contributed by atoms with Crippen LogP contribution in [0.5, 0.6) is 0 Å². The van der Waals surface area contributed by atoms with Crippen molar-refractivity contribution in [2.24, 2.45) is 10.7 Å². The summed E-state index contributed by atoms with van der Waals surface area (Å²) in [6, 6.07) is 77.5. The van der Waals surface area contributed by atoms with Gasteiger partial charge < -0.3 is 10.3 Å². The van der Waals surface area contributed by atoms with Crippen molar-refractivity contribution in [3.8, 4) is 50.2 Å². The number of allylic oxidation sites excluding steroid dienone is 2. The maximum atomic E-state index is 6.92. The monoisotopic (exact) mass is 806 g/mol. The normalized spacial score (nSPS) is 12.1. The van der Waals surface area contributed by atoms with Crippen LogP contribution >= 0.6 is 0 Å². The Balaban J connectivity index is 0.924. The molecule has 0 fully saturated rings. The maximum absolute atomic E-state index is 6.92. The summed E-state index contributed by atoms with van der Waals surface area (Å²) in [6.07, 6.45) is 3.65. The van der Waals surface area contributed by atoms with Crippen molar-refractivity contribution in [2.75, 3.05) is 0 Å². The van der Waals surface area contributed by atoms with Crippen LogP contribution in [0.25, 0.3) is 99.4 Å². The fourth-order valence-electron chi connectivity index (χ4n) is 9.15. The highest BCUT2D eigenvalue weighted by Gasteiger charge is 2.17. The second-order valence-electron chi connectivity index (χ2n) is 15.9. The van der Waals surface area contributed by atoms with Crippen LogP contribution in [0, 0.1) is 0 Å². The second kappa shape index (κ2) is 15.9. The number of hydrogen-bond acceptors (Lipinski definition) is 1. The van der Waals surface area contributed by atoms with Crippen molar-refractivity contribution in [1.82, 2.24) is 9.13 Å².